The van der Waals surface area contributed by atoms with Gasteiger partial charge in [0.2, 0.25) is 0 Å². The van der Waals surface area contributed by atoms with Gasteiger partial charge in [-0.1, -0.05) is 11.8 Å². The molecule has 100 valence electrons. The second kappa shape index (κ2) is 7.40. The number of aryl methyl sites for hydroxylation is 1. The van der Waals surface area contributed by atoms with Crippen molar-refractivity contribution < 1.29 is 0 Å². The van der Waals surface area contributed by atoms with Gasteiger partial charge in [-0.3, -0.25) is 4.68 Å². The molecule has 0 spiro atoms. The molecule has 0 aromatic carbocycles. The van der Waals surface area contributed by atoms with Crippen LogP contribution in [-0.4, -0.2) is 30.3 Å². The SMILES string of the molecule is Cl.Cn1c(CN)nnc1SCCCn1cccn1. The number of thioether (sulfide) groups is 1. The van der Waals surface area contributed by atoms with Gasteiger partial charge < -0.3 is 10.3 Å². The van der Waals surface area contributed by atoms with E-state index in [2.05, 4.69) is 15.3 Å². The average molecular weight is 289 g/mol. The van der Waals surface area contributed by atoms with E-state index in [1.807, 2.05) is 28.6 Å². The van der Waals surface area contributed by atoms with E-state index in [1.165, 1.54) is 0 Å². The van der Waals surface area contributed by atoms with Gasteiger partial charge in [0, 0.05) is 31.7 Å². The highest BCUT2D eigenvalue weighted by Crippen LogP contribution is 2.16. The highest BCUT2D eigenvalue weighted by atomic mass is 35.5. The van der Waals surface area contributed by atoms with Gasteiger partial charge in [-0.2, -0.15) is 5.10 Å². The lowest BCUT2D eigenvalue weighted by molar-refractivity contribution is 0.605. The summed E-state index contributed by atoms with van der Waals surface area (Å²) in [5.41, 5.74) is 5.54. The summed E-state index contributed by atoms with van der Waals surface area (Å²) in [6.07, 6.45) is 4.82. The average Bonchev–Trinajstić information content (AvgIpc) is 2.95. The lowest BCUT2D eigenvalue weighted by atomic mass is 10.5. The highest BCUT2D eigenvalue weighted by Gasteiger charge is 2.06. The molecule has 0 aliphatic rings. The van der Waals surface area contributed by atoms with E-state index in [0.717, 1.165) is 29.7 Å². The van der Waals surface area contributed by atoms with Crippen LogP contribution in [0.15, 0.2) is 23.6 Å². The molecule has 0 saturated carbocycles. The quantitative estimate of drug-likeness (QED) is 0.636. The number of aromatic nitrogens is 5. The predicted molar refractivity (Wildman–Crippen MR) is 73.7 cm³/mol. The number of hydrogen-bond acceptors (Lipinski definition) is 5. The van der Waals surface area contributed by atoms with Crippen LogP contribution in [-0.2, 0) is 20.1 Å². The van der Waals surface area contributed by atoms with Crippen molar-refractivity contribution in [2.75, 3.05) is 5.75 Å². The summed E-state index contributed by atoms with van der Waals surface area (Å²) in [7, 11) is 1.94. The van der Waals surface area contributed by atoms with Crippen LogP contribution in [0.5, 0.6) is 0 Å². The van der Waals surface area contributed by atoms with Crippen molar-refractivity contribution in [3.63, 3.8) is 0 Å². The van der Waals surface area contributed by atoms with Crippen molar-refractivity contribution in [2.45, 2.75) is 24.7 Å². The van der Waals surface area contributed by atoms with Crippen molar-refractivity contribution in [3.05, 3.63) is 24.3 Å². The Morgan fingerprint density at radius 1 is 1.39 bits per heavy atom. The maximum absolute atomic E-state index is 5.54. The Bertz CT molecular complexity index is 455. The van der Waals surface area contributed by atoms with E-state index < -0.39 is 0 Å². The fourth-order valence-corrected chi connectivity index (χ4v) is 2.32. The van der Waals surface area contributed by atoms with Crippen LogP contribution in [0.1, 0.15) is 12.2 Å². The summed E-state index contributed by atoms with van der Waals surface area (Å²) in [4.78, 5) is 0. The highest BCUT2D eigenvalue weighted by molar-refractivity contribution is 7.99. The van der Waals surface area contributed by atoms with Gasteiger partial charge in [0.1, 0.15) is 5.82 Å². The summed E-state index contributed by atoms with van der Waals surface area (Å²) < 4.78 is 3.88. The van der Waals surface area contributed by atoms with Crippen LogP contribution < -0.4 is 5.73 Å². The van der Waals surface area contributed by atoms with E-state index in [9.17, 15) is 0 Å². The van der Waals surface area contributed by atoms with Gasteiger partial charge in [0.15, 0.2) is 5.16 Å². The van der Waals surface area contributed by atoms with Crippen LogP contribution >= 0.6 is 24.2 Å². The van der Waals surface area contributed by atoms with Crippen molar-refractivity contribution in [3.8, 4) is 0 Å². The predicted octanol–water partition coefficient (Wildman–Crippen LogP) is 1.07. The molecule has 18 heavy (non-hydrogen) atoms. The van der Waals surface area contributed by atoms with Gasteiger partial charge >= 0.3 is 0 Å². The van der Waals surface area contributed by atoms with Crippen molar-refractivity contribution >= 4 is 24.2 Å². The summed E-state index contributed by atoms with van der Waals surface area (Å²) in [6.45, 7) is 1.36. The molecule has 0 amide bonds. The van der Waals surface area contributed by atoms with E-state index in [0.29, 0.717) is 6.54 Å². The summed E-state index contributed by atoms with van der Waals surface area (Å²) in [5, 5.41) is 13.2. The Balaban J connectivity index is 0.00000162. The Labute approximate surface area is 116 Å². The molecule has 8 heteroatoms. The Morgan fingerprint density at radius 2 is 2.22 bits per heavy atom. The zero-order valence-electron chi connectivity index (χ0n) is 10.2. The molecule has 2 aromatic rings. The molecular weight excluding hydrogens is 272 g/mol. The van der Waals surface area contributed by atoms with E-state index in [-0.39, 0.29) is 12.4 Å². The van der Waals surface area contributed by atoms with Crippen molar-refractivity contribution in [1.29, 1.82) is 0 Å². The Hall–Kier alpha value is -1.05. The second-order valence-electron chi connectivity index (χ2n) is 3.63. The fraction of sp³-hybridized carbons (Fsp3) is 0.500. The maximum Gasteiger partial charge on any atom is 0.190 e. The molecule has 2 heterocycles. The first-order valence-electron chi connectivity index (χ1n) is 5.50. The number of hydrogen-bond donors (Lipinski definition) is 1. The van der Waals surface area contributed by atoms with Crippen LogP contribution in [0.4, 0.5) is 0 Å². The van der Waals surface area contributed by atoms with Gasteiger partial charge in [0.05, 0.1) is 6.54 Å². The topological polar surface area (TPSA) is 74.6 Å². The standard InChI is InChI=1S/C10H16N6S.ClH/c1-15-9(8-11)13-14-10(15)17-7-3-6-16-5-2-4-12-16;/h2,4-5H,3,6-8,11H2,1H3;1H. The minimum absolute atomic E-state index is 0. The Kier molecular flexibility index (Phi) is 6.17. The van der Waals surface area contributed by atoms with E-state index in [4.69, 9.17) is 5.73 Å². The first kappa shape index (κ1) is 15.0. The third-order valence-corrected chi connectivity index (χ3v) is 3.54. The lowest BCUT2D eigenvalue weighted by Crippen LogP contribution is -2.05. The van der Waals surface area contributed by atoms with Gasteiger partial charge in [0.25, 0.3) is 0 Å². The molecule has 2 aromatic heterocycles. The molecule has 0 saturated heterocycles. The monoisotopic (exact) mass is 288 g/mol. The molecule has 0 radical (unpaired) electrons. The molecule has 0 aliphatic heterocycles. The molecule has 0 fully saturated rings. The Morgan fingerprint density at radius 3 is 2.83 bits per heavy atom. The zero-order chi connectivity index (χ0) is 12.1. The molecule has 6 nitrogen and oxygen atoms in total. The van der Waals surface area contributed by atoms with Crippen molar-refractivity contribution in [2.24, 2.45) is 12.8 Å². The molecule has 0 atom stereocenters. The maximum atomic E-state index is 5.54. The van der Waals surface area contributed by atoms with E-state index in [1.54, 1.807) is 18.0 Å². The van der Waals surface area contributed by atoms with Crippen LogP contribution in [0.3, 0.4) is 0 Å². The second-order valence-corrected chi connectivity index (χ2v) is 4.70. The summed E-state index contributed by atoms with van der Waals surface area (Å²) in [5.74, 6) is 1.82. The summed E-state index contributed by atoms with van der Waals surface area (Å²) in [6, 6.07) is 1.93. The minimum Gasteiger partial charge on any atom is -0.324 e. The minimum atomic E-state index is 0. The van der Waals surface area contributed by atoms with Crippen LogP contribution in [0.2, 0.25) is 0 Å². The smallest absolute Gasteiger partial charge is 0.190 e. The lowest BCUT2D eigenvalue weighted by Gasteiger charge is -2.02. The molecule has 2 rings (SSSR count). The van der Waals surface area contributed by atoms with Crippen LogP contribution in [0.25, 0.3) is 0 Å². The molecule has 2 N–H and O–H groups in total. The fourth-order valence-electron chi connectivity index (χ4n) is 1.47. The molecule has 0 aliphatic carbocycles. The third kappa shape index (κ3) is 3.72. The van der Waals surface area contributed by atoms with Crippen molar-refractivity contribution in [1.82, 2.24) is 24.5 Å². The number of halogens is 1. The molecule has 0 unspecified atom stereocenters. The third-order valence-electron chi connectivity index (χ3n) is 2.43. The van der Waals surface area contributed by atoms with Gasteiger partial charge in [-0.05, 0) is 12.5 Å². The molecule has 0 bridgehead atoms. The van der Waals surface area contributed by atoms with Crippen LogP contribution in [0, 0.1) is 0 Å². The zero-order valence-corrected chi connectivity index (χ0v) is 11.8. The van der Waals surface area contributed by atoms with E-state index >= 15 is 0 Å². The summed E-state index contributed by atoms with van der Waals surface area (Å²) >= 11 is 1.70. The number of nitrogens with zero attached hydrogens (tertiary/aromatic N) is 5. The number of nitrogens with two attached hydrogens (primary N) is 1. The molecular formula is C10H17ClN6S. The number of rotatable bonds is 6. The first-order chi connectivity index (χ1) is 8.31. The van der Waals surface area contributed by atoms with Gasteiger partial charge in [-0.25, -0.2) is 0 Å². The normalized spacial score (nSPS) is 10.3. The van der Waals surface area contributed by atoms with Gasteiger partial charge in [-0.15, -0.1) is 22.6 Å². The first-order valence-corrected chi connectivity index (χ1v) is 6.48. The largest absolute Gasteiger partial charge is 0.324 e.